The summed E-state index contributed by atoms with van der Waals surface area (Å²) < 4.78 is 44.0. The van der Waals surface area contributed by atoms with Crippen LogP contribution in [0.1, 0.15) is 30.0 Å². The Hall–Kier alpha value is -3.05. The fraction of sp³-hybridized carbons (Fsp3) is 0.381. The first-order valence-electron chi connectivity index (χ1n) is 10.1. The van der Waals surface area contributed by atoms with Crippen molar-refractivity contribution >= 4 is 27.2 Å². The van der Waals surface area contributed by atoms with Gasteiger partial charge >= 0.3 is 11.7 Å². The van der Waals surface area contributed by atoms with Crippen molar-refractivity contribution in [3.05, 3.63) is 57.9 Å². The summed E-state index contributed by atoms with van der Waals surface area (Å²) in [4.78, 5) is 28.3. The van der Waals surface area contributed by atoms with E-state index in [1.54, 1.807) is 32.2 Å². The maximum absolute atomic E-state index is 14.3. The Morgan fingerprint density at radius 1 is 1.19 bits per heavy atom. The molecule has 11 heteroatoms. The van der Waals surface area contributed by atoms with E-state index in [4.69, 9.17) is 0 Å². The molecule has 0 unspecified atom stereocenters. The number of nitrogens with zero attached hydrogens (tertiary/aromatic N) is 4. The molecule has 3 aromatic rings. The molecule has 4 rings (SSSR count). The summed E-state index contributed by atoms with van der Waals surface area (Å²) in [6.07, 6.45) is 2.23. The molecule has 32 heavy (non-hydrogen) atoms. The van der Waals surface area contributed by atoms with E-state index in [0.29, 0.717) is 29.6 Å². The van der Waals surface area contributed by atoms with Gasteiger partial charge in [-0.2, -0.15) is 4.31 Å². The average Bonchev–Trinajstić information content (AvgIpc) is 2.98. The number of benzene rings is 1. The lowest BCUT2D eigenvalue weighted by molar-refractivity contribution is -0.137. The van der Waals surface area contributed by atoms with Gasteiger partial charge in [-0.3, -0.25) is 13.9 Å². The van der Waals surface area contributed by atoms with Crippen LogP contribution < -0.4 is 5.69 Å². The number of carboxylic acids is 1. The van der Waals surface area contributed by atoms with Gasteiger partial charge in [0.05, 0.1) is 5.52 Å². The molecule has 1 aromatic carbocycles. The number of fused-ring (bicyclic) bond motifs is 1. The largest absolute Gasteiger partial charge is 0.480 e. The molecule has 3 heterocycles. The molecule has 0 aliphatic carbocycles. The number of piperidine rings is 1. The molecule has 0 spiro atoms. The van der Waals surface area contributed by atoms with Crippen LogP contribution >= 0.6 is 0 Å². The van der Waals surface area contributed by atoms with Crippen LogP contribution in [0.15, 0.2) is 40.2 Å². The van der Waals surface area contributed by atoms with Crippen LogP contribution in [-0.2, 0) is 21.4 Å². The van der Waals surface area contributed by atoms with Crippen molar-refractivity contribution in [2.24, 2.45) is 0 Å². The molecule has 1 aliphatic heterocycles. The normalized spacial score (nSPS) is 16.0. The molecular formula is C21H23FN4O5S. The minimum atomic E-state index is -4.01. The van der Waals surface area contributed by atoms with Crippen LogP contribution in [0.5, 0.6) is 0 Å². The van der Waals surface area contributed by atoms with Gasteiger partial charge in [-0.25, -0.2) is 22.6 Å². The number of rotatable bonds is 5. The van der Waals surface area contributed by atoms with Gasteiger partial charge in [0.2, 0.25) is 10.0 Å². The van der Waals surface area contributed by atoms with Crippen LogP contribution in [-0.4, -0.2) is 51.0 Å². The summed E-state index contributed by atoms with van der Waals surface area (Å²) in [6.45, 7) is 3.19. The summed E-state index contributed by atoms with van der Waals surface area (Å²) in [5.41, 5.74) is 1.71. The van der Waals surface area contributed by atoms with Crippen molar-refractivity contribution in [1.82, 2.24) is 18.4 Å². The van der Waals surface area contributed by atoms with Gasteiger partial charge in [0.1, 0.15) is 17.3 Å². The summed E-state index contributed by atoms with van der Waals surface area (Å²) in [5, 5.41) is 9.22. The Morgan fingerprint density at radius 3 is 2.50 bits per heavy atom. The lowest BCUT2D eigenvalue weighted by atomic mass is 10.1. The van der Waals surface area contributed by atoms with E-state index in [0.717, 1.165) is 5.56 Å². The number of halogens is 1. The topological polar surface area (TPSA) is 114 Å². The summed E-state index contributed by atoms with van der Waals surface area (Å²) >= 11 is 0. The molecule has 0 atom stereocenters. The van der Waals surface area contributed by atoms with Crippen molar-refractivity contribution in [1.29, 1.82) is 0 Å². The number of aliphatic carboxylic acids is 1. The minimum absolute atomic E-state index is 0.101. The lowest BCUT2D eigenvalue weighted by Crippen LogP contribution is -2.41. The Labute approximate surface area is 183 Å². The summed E-state index contributed by atoms with van der Waals surface area (Å²) in [6, 6.07) is 5.35. The lowest BCUT2D eigenvalue weighted by Gasteiger charge is -2.31. The summed E-state index contributed by atoms with van der Waals surface area (Å²) in [7, 11) is -4.01. The van der Waals surface area contributed by atoms with E-state index < -0.39 is 34.0 Å². The average molecular weight is 463 g/mol. The molecule has 170 valence electrons. The second kappa shape index (κ2) is 8.14. The van der Waals surface area contributed by atoms with Crippen molar-refractivity contribution < 1.29 is 22.7 Å². The van der Waals surface area contributed by atoms with Gasteiger partial charge in [0.15, 0.2) is 5.65 Å². The van der Waals surface area contributed by atoms with Crippen molar-refractivity contribution in [3.8, 4) is 0 Å². The van der Waals surface area contributed by atoms with E-state index in [1.165, 1.54) is 25.6 Å². The minimum Gasteiger partial charge on any atom is -0.480 e. The first-order chi connectivity index (χ1) is 15.1. The third-order valence-electron chi connectivity index (χ3n) is 5.73. The molecule has 0 amide bonds. The second-order valence-corrected chi connectivity index (χ2v) is 9.96. The van der Waals surface area contributed by atoms with Crippen LogP contribution in [0.4, 0.5) is 4.39 Å². The fourth-order valence-corrected chi connectivity index (χ4v) is 5.68. The van der Waals surface area contributed by atoms with Gasteiger partial charge in [-0.05, 0) is 56.0 Å². The molecule has 2 aromatic heterocycles. The summed E-state index contributed by atoms with van der Waals surface area (Å²) in [5.74, 6) is -1.94. The van der Waals surface area contributed by atoms with Crippen molar-refractivity contribution in [2.75, 3.05) is 13.1 Å². The number of carbonyl (C=O) groups is 1. The quantitative estimate of drug-likeness (QED) is 0.621. The molecule has 1 N–H and O–H groups in total. The molecule has 0 bridgehead atoms. The zero-order valence-electron chi connectivity index (χ0n) is 17.7. The highest BCUT2D eigenvalue weighted by Gasteiger charge is 2.33. The van der Waals surface area contributed by atoms with E-state index in [-0.39, 0.29) is 24.0 Å². The van der Waals surface area contributed by atoms with E-state index in [2.05, 4.69) is 4.98 Å². The molecule has 1 fully saturated rings. The van der Waals surface area contributed by atoms with Gasteiger partial charge in [0, 0.05) is 25.3 Å². The second-order valence-electron chi connectivity index (χ2n) is 8.06. The number of aromatic nitrogens is 3. The predicted octanol–water partition coefficient (Wildman–Crippen LogP) is 2.06. The molecule has 1 aliphatic rings. The molecule has 0 radical (unpaired) electrons. The first kappa shape index (κ1) is 22.2. The number of hydrogen-bond acceptors (Lipinski definition) is 5. The Morgan fingerprint density at radius 2 is 1.88 bits per heavy atom. The zero-order chi connectivity index (χ0) is 23.2. The number of carboxylic acid groups (broad SMARTS) is 1. The third kappa shape index (κ3) is 3.82. The first-order valence-corrected chi connectivity index (χ1v) is 11.6. The number of pyridine rings is 1. The number of aryl methyl sites for hydroxylation is 2. The van der Waals surface area contributed by atoms with Crippen LogP contribution in [0.25, 0.3) is 11.2 Å². The Balaban J connectivity index is 1.64. The SMILES string of the molecule is Cc1ccc(S(=O)(=O)N2CCC(n3c(=O)n(CC(=O)O)c4cc(C)cnc43)CC2)c(F)c1. The van der Waals surface area contributed by atoms with Crippen LogP contribution in [0, 0.1) is 19.7 Å². The van der Waals surface area contributed by atoms with E-state index in [1.807, 2.05) is 0 Å². The highest BCUT2D eigenvalue weighted by Crippen LogP contribution is 2.29. The zero-order valence-corrected chi connectivity index (χ0v) is 18.5. The highest BCUT2D eigenvalue weighted by atomic mass is 32.2. The molecular weight excluding hydrogens is 439 g/mol. The van der Waals surface area contributed by atoms with E-state index >= 15 is 0 Å². The van der Waals surface area contributed by atoms with Gasteiger partial charge in [-0.1, -0.05) is 6.07 Å². The highest BCUT2D eigenvalue weighted by molar-refractivity contribution is 7.89. The van der Waals surface area contributed by atoms with E-state index in [9.17, 15) is 27.5 Å². The van der Waals surface area contributed by atoms with Gasteiger partial charge < -0.3 is 5.11 Å². The van der Waals surface area contributed by atoms with Crippen molar-refractivity contribution in [2.45, 2.75) is 44.2 Å². The smallest absolute Gasteiger partial charge is 0.331 e. The number of sulfonamides is 1. The standard InChI is InChI=1S/C21H23FN4O5S/c1-13-3-4-18(16(22)9-13)32(30,31)24-7-5-15(6-8-24)26-20-17(10-14(2)11-23-20)25(21(26)29)12-19(27)28/h3-4,9-11,15H,5-8,12H2,1-2H3,(H,27,28). The molecule has 0 saturated carbocycles. The Kier molecular flexibility index (Phi) is 5.63. The molecule has 9 nitrogen and oxygen atoms in total. The van der Waals surface area contributed by atoms with Crippen molar-refractivity contribution in [3.63, 3.8) is 0 Å². The fourth-order valence-electron chi connectivity index (χ4n) is 4.17. The van der Waals surface area contributed by atoms with Gasteiger partial charge in [-0.15, -0.1) is 0 Å². The van der Waals surface area contributed by atoms with Crippen LogP contribution in [0.2, 0.25) is 0 Å². The Bertz CT molecular complexity index is 1370. The van der Waals surface area contributed by atoms with Gasteiger partial charge in [0.25, 0.3) is 0 Å². The predicted molar refractivity (Wildman–Crippen MR) is 115 cm³/mol. The van der Waals surface area contributed by atoms with Crippen LogP contribution in [0.3, 0.4) is 0 Å². The maximum Gasteiger partial charge on any atom is 0.331 e. The maximum atomic E-state index is 14.3. The monoisotopic (exact) mass is 462 g/mol. The third-order valence-corrected chi connectivity index (χ3v) is 7.66. The number of imidazole rings is 1. The molecule has 1 saturated heterocycles. The number of hydrogen-bond donors (Lipinski definition) is 1.